The molecule has 0 amide bonds. The van der Waals surface area contributed by atoms with E-state index in [2.05, 4.69) is 10.4 Å². The molecule has 150 valence electrons. The number of carbonyl (C=O) groups is 1. The fourth-order valence-corrected chi connectivity index (χ4v) is 3.41. The van der Waals surface area contributed by atoms with Crippen LogP contribution in [0.1, 0.15) is 11.3 Å². The Morgan fingerprint density at radius 2 is 2.07 bits per heavy atom. The van der Waals surface area contributed by atoms with Crippen molar-refractivity contribution >= 4 is 34.2 Å². The van der Waals surface area contributed by atoms with Gasteiger partial charge >= 0.3 is 5.97 Å². The first-order valence-electron chi connectivity index (χ1n) is 9.08. The van der Waals surface area contributed by atoms with Gasteiger partial charge < -0.3 is 14.2 Å². The van der Waals surface area contributed by atoms with E-state index in [0.29, 0.717) is 16.5 Å². The minimum absolute atomic E-state index is 0.0270. The smallest absolute Gasteiger partial charge is 0.325 e. The van der Waals surface area contributed by atoms with Gasteiger partial charge in [0.05, 0.1) is 5.69 Å². The molecule has 1 saturated heterocycles. The number of aromatic nitrogens is 1. The second-order valence-electron chi connectivity index (χ2n) is 6.54. The van der Waals surface area contributed by atoms with Crippen LogP contribution in [0.5, 0.6) is 5.75 Å². The van der Waals surface area contributed by atoms with Crippen molar-refractivity contribution in [3.63, 3.8) is 0 Å². The number of nitrogens with one attached hydrogen (secondary N) is 1. The van der Waals surface area contributed by atoms with Gasteiger partial charge in [0, 0.05) is 28.8 Å². The lowest BCUT2D eigenvalue weighted by molar-refractivity contribution is -0.181. The molecule has 8 heteroatoms. The molecule has 2 aromatic carbocycles. The molecule has 1 aliphatic heterocycles. The highest BCUT2D eigenvalue weighted by atomic mass is 35.5. The number of benzene rings is 2. The van der Waals surface area contributed by atoms with Gasteiger partial charge in [0.25, 0.3) is 6.41 Å². The monoisotopic (exact) mass is 413 g/mol. The number of methoxy groups -OCH3 is 1. The molecule has 7 nitrogen and oxygen atoms in total. The molecule has 0 saturated carbocycles. The molecule has 1 atom stereocenters. The fourth-order valence-electron chi connectivity index (χ4n) is 3.18. The summed E-state index contributed by atoms with van der Waals surface area (Å²) in [5.41, 5.74) is 6.12. The van der Waals surface area contributed by atoms with Crippen LogP contribution in [0.15, 0.2) is 48.5 Å². The van der Waals surface area contributed by atoms with Crippen molar-refractivity contribution in [1.82, 2.24) is 10.4 Å². The van der Waals surface area contributed by atoms with Crippen LogP contribution in [-0.4, -0.2) is 31.0 Å². The summed E-state index contributed by atoms with van der Waals surface area (Å²) in [7, 11) is 1.46. The van der Waals surface area contributed by atoms with Crippen molar-refractivity contribution in [2.24, 2.45) is 0 Å². The lowest BCUT2D eigenvalue weighted by atomic mass is 10.1. The number of anilines is 1. The van der Waals surface area contributed by atoms with Crippen molar-refractivity contribution in [3.05, 3.63) is 64.8 Å². The van der Waals surface area contributed by atoms with Gasteiger partial charge in [-0.3, -0.25) is 4.79 Å². The third-order valence-corrected chi connectivity index (χ3v) is 4.94. The number of fused-ring (bicyclic) bond motifs is 1. The molecule has 0 radical (unpaired) electrons. The van der Waals surface area contributed by atoms with Crippen LogP contribution < -0.4 is 15.2 Å². The van der Waals surface area contributed by atoms with Gasteiger partial charge in [-0.2, -0.15) is 0 Å². The largest absolute Gasteiger partial charge is 0.486 e. The standard InChI is InChI=1S/C21H20ClN3O4/c1-13-9-10-14-5-3-8-18(20(14)24-13)28-12-15-16(22)6-4-7-17(15)25-21(27-2)29-19(26)11-23-25/h3-10,21,23H,11-12H2,1-2H3. The molecule has 0 aliphatic carbocycles. The Morgan fingerprint density at radius 3 is 2.90 bits per heavy atom. The zero-order valence-corrected chi connectivity index (χ0v) is 16.8. The molecule has 1 fully saturated rings. The number of aryl methyl sites for hydroxylation is 1. The first-order valence-corrected chi connectivity index (χ1v) is 9.46. The van der Waals surface area contributed by atoms with E-state index < -0.39 is 12.4 Å². The normalized spacial score (nSPS) is 16.7. The molecule has 1 unspecified atom stereocenters. The Bertz CT molecular complexity index is 1060. The minimum Gasteiger partial charge on any atom is -0.486 e. The Balaban J connectivity index is 1.65. The molecule has 1 aromatic heterocycles. The van der Waals surface area contributed by atoms with E-state index in [4.69, 9.17) is 25.8 Å². The van der Waals surface area contributed by atoms with Gasteiger partial charge in [-0.05, 0) is 31.2 Å². The molecule has 2 heterocycles. The Kier molecular flexibility index (Phi) is 5.53. The van der Waals surface area contributed by atoms with Crippen molar-refractivity contribution in [1.29, 1.82) is 0 Å². The Labute approximate surface area is 173 Å². The summed E-state index contributed by atoms with van der Waals surface area (Å²) in [6.07, 6.45) is -0.907. The van der Waals surface area contributed by atoms with Gasteiger partial charge in [0.1, 0.15) is 24.4 Å². The predicted octanol–water partition coefficient (Wildman–Crippen LogP) is 3.57. The number of para-hydroxylation sites is 1. The summed E-state index contributed by atoms with van der Waals surface area (Å²) in [5, 5.41) is 3.15. The average molecular weight is 414 g/mol. The van der Waals surface area contributed by atoms with Gasteiger partial charge in [-0.1, -0.05) is 35.9 Å². The number of nitrogens with zero attached hydrogens (tertiary/aromatic N) is 2. The highest BCUT2D eigenvalue weighted by Crippen LogP contribution is 2.32. The van der Waals surface area contributed by atoms with Crippen LogP contribution in [0.4, 0.5) is 5.69 Å². The fraction of sp³-hybridized carbons (Fsp3) is 0.238. The number of hydrogen-bond donors (Lipinski definition) is 1. The van der Waals surface area contributed by atoms with E-state index in [1.54, 1.807) is 11.1 Å². The number of hydrazine groups is 1. The van der Waals surface area contributed by atoms with Gasteiger partial charge in [0.15, 0.2) is 0 Å². The van der Waals surface area contributed by atoms with E-state index in [9.17, 15) is 4.79 Å². The minimum atomic E-state index is -0.907. The summed E-state index contributed by atoms with van der Waals surface area (Å²) < 4.78 is 16.6. The lowest BCUT2D eigenvalue weighted by Crippen LogP contribution is -2.56. The third-order valence-electron chi connectivity index (χ3n) is 4.59. The number of esters is 1. The number of halogens is 1. The molecule has 4 rings (SSSR count). The maximum absolute atomic E-state index is 11.6. The van der Waals surface area contributed by atoms with E-state index in [-0.39, 0.29) is 13.2 Å². The van der Waals surface area contributed by atoms with Gasteiger partial charge in [-0.25, -0.2) is 15.4 Å². The van der Waals surface area contributed by atoms with E-state index in [1.807, 2.05) is 49.4 Å². The molecule has 1 N–H and O–H groups in total. The van der Waals surface area contributed by atoms with Crippen LogP contribution >= 0.6 is 11.6 Å². The number of pyridine rings is 1. The summed E-state index contributed by atoms with van der Waals surface area (Å²) in [6.45, 7) is 2.17. The third kappa shape index (κ3) is 3.98. The van der Waals surface area contributed by atoms with Gasteiger partial charge in [-0.15, -0.1) is 0 Å². The second kappa shape index (κ2) is 8.24. The Morgan fingerprint density at radius 1 is 1.24 bits per heavy atom. The zero-order valence-electron chi connectivity index (χ0n) is 16.0. The van der Waals surface area contributed by atoms with Crippen molar-refractivity contribution in [3.8, 4) is 5.75 Å². The van der Waals surface area contributed by atoms with E-state index in [0.717, 1.165) is 22.2 Å². The van der Waals surface area contributed by atoms with Crippen LogP contribution in [0, 0.1) is 6.92 Å². The number of hydrogen-bond acceptors (Lipinski definition) is 7. The quantitative estimate of drug-likeness (QED) is 0.641. The molecule has 0 spiro atoms. The highest BCUT2D eigenvalue weighted by Gasteiger charge is 2.30. The second-order valence-corrected chi connectivity index (χ2v) is 6.95. The van der Waals surface area contributed by atoms with Crippen LogP contribution in [0.25, 0.3) is 10.9 Å². The molecule has 0 bridgehead atoms. The maximum Gasteiger partial charge on any atom is 0.325 e. The average Bonchev–Trinajstić information content (AvgIpc) is 2.72. The lowest BCUT2D eigenvalue weighted by Gasteiger charge is -2.36. The first kappa shape index (κ1) is 19.4. The highest BCUT2D eigenvalue weighted by molar-refractivity contribution is 6.31. The predicted molar refractivity (Wildman–Crippen MR) is 110 cm³/mol. The van der Waals surface area contributed by atoms with E-state index >= 15 is 0 Å². The number of carbonyl (C=O) groups excluding carboxylic acids is 1. The number of cyclic esters (lactones) is 1. The molecule has 1 aliphatic rings. The maximum atomic E-state index is 11.6. The topological polar surface area (TPSA) is 72.9 Å². The summed E-state index contributed by atoms with van der Waals surface area (Å²) in [6, 6.07) is 15.2. The number of ether oxygens (including phenoxy) is 3. The molecule has 3 aromatic rings. The zero-order chi connectivity index (χ0) is 20.4. The summed E-state index contributed by atoms with van der Waals surface area (Å²) in [4.78, 5) is 16.2. The summed E-state index contributed by atoms with van der Waals surface area (Å²) in [5.74, 6) is 0.267. The van der Waals surface area contributed by atoms with Crippen LogP contribution in [-0.2, 0) is 20.9 Å². The van der Waals surface area contributed by atoms with Crippen LogP contribution in [0.3, 0.4) is 0 Å². The van der Waals surface area contributed by atoms with Crippen molar-refractivity contribution in [2.45, 2.75) is 19.9 Å². The van der Waals surface area contributed by atoms with Crippen molar-refractivity contribution < 1.29 is 19.0 Å². The SMILES string of the molecule is COC1OC(=O)CNN1c1cccc(Cl)c1COc1cccc2ccc(C)nc12. The van der Waals surface area contributed by atoms with Gasteiger partial charge in [0.2, 0.25) is 0 Å². The molecular formula is C21H20ClN3O4. The molecular weight excluding hydrogens is 394 g/mol. The molecule has 29 heavy (non-hydrogen) atoms. The van der Waals surface area contributed by atoms with Crippen LogP contribution in [0.2, 0.25) is 5.02 Å². The summed E-state index contributed by atoms with van der Waals surface area (Å²) >= 11 is 6.48. The van der Waals surface area contributed by atoms with Crippen molar-refractivity contribution in [2.75, 3.05) is 18.7 Å². The number of rotatable bonds is 5. The van der Waals surface area contributed by atoms with E-state index in [1.165, 1.54) is 7.11 Å². The Hall–Kier alpha value is -2.87. The first-order chi connectivity index (χ1) is 14.1.